The lowest BCUT2D eigenvalue weighted by Gasteiger charge is -2.43. The summed E-state index contributed by atoms with van der Waals surface area (Å²) < 4.78 is 52.8. The molecule has 0 spiro atoms. The summed E-state index contributed by atoms with van der Waals surface area (Å²) in [5.41, 5.74) is 1.62. The Kier molecular flexibility index (Phi) is 6.63. The maximum atomic E-state index is 14.4. The Morgan fingerprint density at radius 3 is 2.49 bits per heavy atom. The lowest BCUT2D eigenvalue weighted by Crippen LogP contribution is -2.60. The normalized spacial score (nSPS) is 22.1. The molecule has 0 bridgehead atoms. The van der Waals surface area contributed by atoms with Crippen molar-refractivity contribution >= 4 is 28.1 Å². The highest BCUT2D eigenvalue weighted by atomic mass is 32.2. The summed E-state index contributed by atoms with van der Waals surface area (Å²) in [6.07, 6.45) is 5.96. The molecule has 12 heteroatoms. The zero-order valence-electron chi connectivity index (χ0n) is 20.1. The number of amides is 1. The molecular formula is C25H26F2N6O3S. The molecule has 1 aromatic carbocycles. The second-order valence-electron chi connectivity index (χ2n) is 9.57. The number of benzene rings is 1. The molecule has 2 aromatic heterocycles. The van der Waals surface area contributed by atoms with Crippen molar-refractivity contribution < 1.29 is 22.0 Å². The minimum absolute atomic E-state index is 0.176. The van der Waals surface area contributed by atoms with Gasteiger partial charge in [0.25, 0.3) is 0 Å². The average molecular weight is 529 g/mol. The molecule has 194 valence electrons. The fourth-order valence-electron chi connectivity index (χ4n) is 4.87. The van der Waals surface area contributed by atoms with Crippen molar-refractivity contribution in [1.29, 1.82) is 0 Å². The molecule has 1 aliphatic heterocycles. The Labute approximate surface area is 213 Å². The van der Waals surface area contributed by atoms with Crippen LogP contribution in [0.5, 0.6) is 0 Å². The quantitative estimate of drug-likeness (QED) is 0.426. The van der Waals surface area contributed by atoms with Crippen LogP contribution in [-0.4, -0.2) is 72.2 Å². The average Bonchev–Trinajstić information content (AvgIpc) is 2.83. The first-order valence-electron chi connectivity index (χ1n) is 11.8. The van der Waals surface area contributed by atoms with Crippen molar-refractivity contribution in [2.45, 2.75) is 30.5 Å². The molecule has 3 aromatic rings. The minimum atomic E-state index is -3.28. The molecule has 1 amide bonds. The molecule has 1 N–H and O–H groups in total. The van der Waals surface area contributed by atoms with E-state index >= 15 is 0 Å². The fraction of sp³-hybridized carbons (Fsp3) is 0.360. The maximum Gasteiger partial charge on any atom is 0.222 e. The van der Waals surface area contributed by atoms with Gasteiger partial charge in [-0.05, 0) is 42.7 Å². The van der Waals surface area contributed by atoms with Crippen LogP contribution in [0.25, 0.3) is 11.1 Å². The number of halogens is 2. The Morgan fingerprint density at radius 1 is 1.14 bits per heavy atom. The summed E-state index contributed by atoms with van der Waals surface area (Å²) in [5, 5.41) is 3.09. The van der Waals surface area contributed by atoms with E-state index in [4.69, 9.17) is 0 Å². The van der Waals surface area contributed by atoms with E-state index in [1.54, 1.807) is 24.5 Å². The maximum absolute atomic E-state index is 14.4. The topological polar surface area (TPSA) is 108 Å². The molecule has 37 heavy (non-hydrogen) atoms. The molecule has 5 rings (SSSR count). The SMILES string of the molecule is CS(=O)(=O)N1CC(N(C=O)c2cccc(-c3cnc(NCC4(c5ncccc5F)CC(F)C4)nc3)c2)C1. The summed E-state index contributed by atoms with van der Waals surface area (Å²) in [4.78, 5) is 26.2. The van der Waals surface area contributed by atoms with Gasteiger partial charge in [0.1, 0.15) is 12.0 Å². The van der Waals surface area contributed by atoms with E-state index in [1.165, 1.54) is 27.5 Å². The molecule has 0 atom stereocenters. The van der Waals surface area contributed by atoms with Crippen molar-refractivity contribution in [3.8, 4) is 11.1 Å². The molecule has 1 saturated heterocycles. The van der Waals surface area contributed by atoms with Gasteiger partial charge in [-0.2, -0.15) is 4.31 Å². The number of carbonyl (C=O) groups is 1. The van der Waals surface area contributed by atoms with Crippen molar-refractivity contribution in [3.05, 3.63) is 66.5 Å². The van der Waals surface area contributed by atoms with Crippen molar-refractivity contribution in [2.24, 2.45) is 0 Å². The van der Waals surface area contributed by atoms with Crippen LogP contribution >= 0.6 is 0 Å². The molecule has 2 aliphatic rings. The van der Waals surface area contributed by atoms with E-state index in [-0.39, 0.29) is 44.2 Å². The van der Waals surface area contributed by atoms with Gasteiger partial charge in [0.15, 0.2) is 0 Å². The van der Waals surface area contributed by atoms with Crippen LogP contribution in [0.1, 0.15) is 18.5 Å². The molecule has 1 aliphatic carbocycles. The van der Waals surface area contributed by atoms with Crippen LogP contribution in [0.2, 0.25) is 0 Å². The van der Waals surface area contributed by atoms with Crippen molar-refractivity contribution in [1.82, 2.24) is 19.3 Å². The highest BCUT2D eigenvalue weighted by Crippen LogP contribution is 2.45. The van der Waals surface area contributed by atoms with Crippen LogP contribution in [0.15, 0.2) is 55.0 Å². The van der Waals surface area contributed by atoms with Gasteiger partial charge in [0.2, 0.25) is 22.4 Å². The molecule has 3 heterocycles. The molecule has 9 nitrogen and oxygen atoms in total. The molecule has 2 fully saturated rings. The Bertz CT molecular complexity index is 1390. The summed E-state index contributed by atoms with van der Waals surface area (Å²) >= 11 is 0. The van der Waals surface area contributed by atoms with Gasteiger partial charge in [-0.1, -0.05) is 12.1 Å². The van der Waals surface area contributed by atoms with Crippen LogP contribution in [0.4, 0.5) is 20.4 Å². The lowest BCUT2D eigenvalue weighted by molar-refractivity contribution is -0.108. The van der Waals surface area contributed by atoms with Gasteiger partial charge in [0, 0.05) is 54.9 Å². The summed E-state index contributed by atoms with van der Waals surface area (Å²) in [6, 6.07) is 9.85. The van der Waals surface area contributed by atoms with Crippen LogP contribution < -0.4 is 10.2 Å². The lowest BCUT2D eigenvalue weighted by atomic mass is 9.65. The van der Waals surface area contributed by atoms with Crippen LogP contribution in [-0.2, 0) is 20.2 Å². The molecule has 0 radical (unpaired) electrons. The number of sulfonamides is 1. The third kappa shape index (κ3) is 5.03. The first kappa shape index (κ1) is 25.2. The van der Waals surface area contributed by atoms with Gasteiger partial charge in [-0.25, -0.2) is 27.2 Å². The van der Waals surface area contributed by atoms with Crippen molar-refractivity contribution in [3.63, 3.8) is 0 Å². The minimum Gasteiger partial charge on any atom is -0.353 e. The van der Waals surface area contributed by atoms with Crippen LogP contribution in [0, 0.1) is 5.82 Å². The van der Waals surface area contributed by atoms with Gasteiger partial charge < -0.3 is 10.2 Å². The van der Waals surface area contributed by atoms with Crippen LogP contribution in [0.3, 0.4) is 0 Å². The number of pyridine rings is 1. The number of alkyl halides is 1. The number of nitrogens with one attached hydrogen (secondary N) is 1. The number of rotatable bonds is 9. The predicted octanol–water partition coefficient (Wildman–Crippen LogP) is 2.77. The Morgan fingerprint density at radius 2 is 1.86 bits per heavy atom. The molecule has 0 unspecified atom stereocenters. The van der Waals surface area contributed by atoms with E-state index in [1.807, 2.05) is 12.1 Å². The monoisotopic (exact) mass is 528 g/mol. The van der Waals surface area contributed by atoms with E-state index in [2.05, 4.69) is 20.3 Å². The second kappa shape index (κ2) is 9.75. The van der Waals surface area contributed by atoms with E-state index < -0.39 is 27.4 Å². The largest absolute Gasteiger partial charge is 0.353 e. The number of anilines is 2. The fourth-order valence-corrected chi connectivity index (χ4v) is 5.76. The summed E-state index contributed by atoms with van der Waals surface area (Å²) in [5.74, 6) is -0.134. The number of nitrogens with zero attached hydrogens (tertiary/aromatic N) is 5. The van der Waals surface area contributed by atoms with Crippen molar-refractivity contribution in [2.75, 3.05) is 36.1 Å². The van der Waals surface area contributed by atoms with E-state index in [0.29, 0.717) is 23.6 Å². The van der Waals surface area contributed by atoms with Gasteiger partial charge in [-0.15, -0.1) is 0 Å². The zero-order chi connectivity index (χ0) is 26.2. The number of hydrogen-bond donors (Lipinski definition) is 1. The smallest absolute Gasteiger partial charge is 0.222 e. The van der Waals surface area contributed by atoms with E-state index in [0.717, 1.165) is 11.8 Å². The summed E-state index contributed by atoms with van der Waals surface area (Å²) in [6.45, 7) is 0.743. The standard InChI is InChI=1S/C25H26F2N6O3S/c1-37(35,36)32-13-21(14-32)33(16-34)20-5-2-4-17(8-20)18-11-29-24(30-12-18)31-15-25(9-19(26)10-25)23-22(27)6-3-7-28-23/h2-8,11-12,16,19,21H,9-10,13-15H2,1H3,(H,29,30,31). The van der Waals surface area contributed by atoms with Gasteiger partial charge >= 0.3 is 0 Å². The summed E-state index contributed by atoms with van der Waals surface area (Å²) in [7, 11) is -3.28. The Hall–Kier alpha value is -3.51. The predicted molar refractivity (Wildman–Crippen MR) is 135 cm³/mol. The third-order valence-electron chi connectivity index (χ3n) is 7.00. The Balaban J connectivity index is 1.27. The number of carbonyl (C=O) groups excluding carboxylic acids is 1. The highest BCUT2D eigenvalue weighted by molar-refractivity contribution is 7.88. The van der Waals surface area contributed by atoms with Gasteiger partial charge in [-0.3, -0.25) is 9.78 Å². The van der Waals surface area contributed by atoms with Gasteiger partial charge in [0.05, 0.1) is 18.0 Å². The first-order chi connectivity index (χ1) is 17.7. The third-order valence-corrected chi connectivity index (χ3v) is 8.24. The number of hydrogen-bond acceptors (Lipinski definition) is 7. The molecular weight excluding hydrogens is 502 g/mol. The highest BCUT2D eigenvalue weighted by Gasteiger charge is 2.48. The molecule has 1 saturated carbocycles. The zero-order valence-corrected chi connectivity index (χ0v) is 20.9. The first-order valence-corrected chi connectivity index (χ1v) is 13.6. The second-order valence-corrected chi connectivity index (χ2v) is 11.5. The van der Waals surface area contributed by atoms with E-state index in [9.17, 15) is 22.0 Å². The number of aromatic nitrogens is 3.